The fourth-order valence-corrected chi connectivity index (χ4v) is 5.74. The van der Waals surface area contributed by atoms with Gasteiger partial charge in [-0.2, -0.15) is 22.7 Å². The van der Waals surface area contributed by atoms with Crippen LogP contribution >= 0.6 is 11.6 Å². The number of fused-ring (bicyclic) bond motifs is 1. The van der Waals surface area contributed by atoms with Crippen molar-refractivity contribution in [1.29, 1.82) is 0 Å². The van der Waals surface area contributed by atoms with E-state index < -0.39 is 23.2 Å². The van der Waals surface area contributed by atoms with Crippen molar-refractivity contribution in [3.63, 3.8) is 0 Å². The van der Waals surface area contributed by atoms with Crippen molar-refractivity contribution in [2.75, 3.05) is 54.5 Å². The number of carbonyl (C=O) groups excluding carboxylic acids is 1. The Bertz CT molecular complexity index is 1840. The molecule has 0 spiro atoms. The number of aromatic nitrogens is 5. The lowest BCUT2D eigenvalue weighted by molar-refractivity contribution is -0.137. The Morgan fingerprint density at radius 3 is 2.56 bits per heavy atom. The number of carbonyl (C=O) groups is 1. The second-order valence-corrected chi connectivity index (χ2v) is 10.9. The summed E-state index contributed by atoms with van der Waals surface area (Å²) in [6.45, 7) is 3.98. The number of nitrogens with zero attached hydrogens (tertiary/aromatic N) is 7. The molecule has 2 aliphatic heterocycles. The molecular weight excluding hydrogens is 621 g/mol. The van der Waals surface area contributed by atoms with Crippen LogP contribution in [-0.4, -0.2) is 74.7 Å². The topological polar surface area (TPSA) is 143 Å². The summed E-state index contributed by atoms with van der Waals surface area (Å²) in [4.78, 5) is 35.8. The van der Waals surface area contributed by atoms with Gasteiger partial charge in [-0.15, -0.1) is 5.10 Å². The molecule has 6 rings (SSSR count). The first-order valence-corrected chi connectivity index (χ1v) is 14.5. The van der Waals surface area contributed by atoms with Gasteiger partial charge in [-0.3, -0.25) is 9.59 Å². The van der Waals surface area contributed by atoms with Gasteiger partial charge in [0.05, 0.1) is 35.2 Å². The number of aromatic hydroxyl groups is 1. The maximum atomic E-state index is 14.0. The highest BCUT2D eigenvalue weighted by molar-refractivity contribution is 6.33. The Hall–Kier alpha value is -4.57. The quantitative estimate of drug-likeness (QED) is 0.305. The molecule has 17 heteroatoms. The smallest absolute Gasteiger partial charge is 0.416 e. The number of hydrogen-bond donors (Lipinski definition) is 2. The molecule has 5 heterocycles. The molecule has 1 fully saturated rings. The lowest BCUT2D eigenvalue weighted by Crippen LogP contribution is -2.49. The van der Waals surface area contributed by atoms with Crippen LogP contribution in [0.15, 0.2) is 39.9 Å². The minimum Gasteiger partial charge on any atom is -0.502 e. The molecule has 3 aromatic heterocycles. The van der Waals surface area contributed by atoms with Gasteiger partial charge >= 0.3 is 6.18 Å². The number of nitrogens with one attached hydrogen (secondary N) is 1. The van der Waals surface area contributed by atoms with E-state index in [0.717, 1.165) is 30.0 Å². The summed E-state index contributed by atoms with van der Waals surface area (Å²) in [5, 5.41) is 20.7. The predicted octanol–water partition coefficient (Wildman–Crippen LogP) is 3.59. The third kappa shape index (κ3) is 5.94. The zero-order valence-corrected chi connectivity index (χ0v) is 24.7. The number of halogens is 4. The number of alkyl halides is 3. The number of rotatable bonds is 7. The number of anilines is 3. The third-order valence-electron chi connectivity index (χ3n) is 7.71. The number of amides is 1. The van der Waals surface area contributed by atoms with Crippen LogP contribution in [0.25, 0.3) is 11.4 Å². The molecule has 0 aliphatic carbocycles. The third-order valence-corrected chi connectivity index (χ3v) is 8.02. The molecule has 0 atom stereocenters. The van der Waals surface area contributed by atoms with E-state index >= 15 is 0 Å². The number of benzene rings is 1. The summed E-state index contributed by atoms with van der Waals surface area (Å²) in [7, 11) is 0. The van der Waals surface area contributed by atoms with E-state index in [1.165, 1.54) is 4.52 Å². The van der Waals surface area contributed by atoms with Crippen molar-refractivity contribution in [1.82, 2.24) is 24.3 Å². The fourth-order valence-electron chi connectivity index (χ4n) is 5.51. The Morgan fingerprint density at radius 1 is 1.18 bits per heavy atom. The largest absolute Gasteiger partial charge is 0.502 e. The van der Waals surface area contributed by atoms with Crippen LogP contribution in [0.5, 0.6) is 5.75 Å². The Morgan fingerprint density at radius 2 is 1.93 bits per heavy atom. The van der Waals surface area contributed by atoms with Crippen LogP contribution < -0.4 is 20.7 Å². The molecule has 0 radical (unpaired) electrons. The van der Waals surface area contributed by atoms with Crippen LogP contribution in [-0.2, 0) is 28.7 Å². The Kier molecular flexibility index (Phi) is 8.18. The van der Waals surface area contributed by atoms with Crippen molar-refractivity contribution in [3.05, 3.63) is 63.0 Å². The maximum Gasteiger partial charge on any atom is 0.416 e. The summed E-state index contributed by atoms with van der Waals surface area (Å²) < 4.78 is 52.4. The molecule has 1 amide bonds. The van der Waals surface area contributed by atoms with Crippen molar-refractivity contribution in [2.45, 2.75) is 32.5 Å². The van der Waals surface area contributed by atoms with Crippen molar-refractivity contribution >= 4 is 46.1 Å². The number of hydrogen-bond acceptors (Lipinski definition) is 10. The summed E-state index contributed by atoms with van der Waals surface area (Å²) in [6, 6.07) is 2.67. The van der Waals surface area contributed by atoms with Gasteiger partial charge in [-0.05, 0) is 36.6 Å². The SMILES string of the molecule is CCc1c(N2CCN(c3nocc3O)CC2)c(=O)n2nc(C3=CCOCC3)nc2n1CC(=O)Nc1ccc(C(F)(F)F)cc1Cl. The Labute approximate surface area is 258 Å². The molecule has 0 bridgehead atoms. The van der Waals surface area contributed by atoms with E-state index in [1.54, 1.807) is 4.57 Å². The lowest BCUT2D eigenvalue weighted by Gasteiger charge is -2.36. The first-order valence-electron chi connectivity index (χ1n) is 14.1. The van der Waals surface area contributed by atoms with Crippen LogP contribution in [0.2, 0.25) is 5.02 Å². The first-order chi connectivity index (χ1) is 21.5. The van der Waals surface area contributed by atoms with Gasteiger partial charge < -0.3 is 34.1 Å². The minimum absolute atomic E-state index is 0.00625. The van der Waals surface area contributed by atoms with Crippen molar-refractivity contribution < 1.29 is 32.3 Å². The first kappa shape index (κ1) is 30.5. The fraction of sp³-hybridized carbons (Fsp3) is 0.393. The molecule has 1 aromatic carbocycles. The van der Waals surface area contributed by atoms with E-state index in [-0.39, 0.29) is 28.8 Å². The van der Waals surface area contributed by atoms with E-state index in [0.29, 0.717) is 75.3 Å². The predicted molar refractivity (Wildman–Crippen MR) is 158 cm³/mol. The highest BCUT2D eigenvalue weighted by atomic mass is 35.5. The van der Waals surface area contributed by atoms with Gasteiger partial charge in [0.15, 0.2) is 12.1 Å². The van der Waals surface area contributed by atoms with Gasteiger partial charge in [0.2, 0.25) is 23.3 Å². The summed E-state index contributed by atoms with van der Waals surface area (Å²) in [6.07, 6.45) is -0.720. The molecule has 238 valence electrons. The van der Waals surface area contributed by atoms with Gasteiger partial charge in [-0.1, -0.05) is 29.8 Å². The zero-order valence-electron chi connectivity index (χ0n) is 24.0. The van der Waals surface area contributed by atoms with E-state index in [2.05, 4.69) is 20.6 Å². The van der Waals surface area contributed by atoms with Crippen LogP contribution in [0.4, 0.5) is 30.4 Å². The monoisotopic (exact) mass is 648 g/mol. The highest BCUT2D eigenvalue weighted by Gasteiger charge is 2.32. The second-order valence-electron chi connectivity index (χ2n) is 10.5. The lowest BCUT2D eigenvalue weighted by atomic mass is 10.1. The van der Waals surface area contributed by atoms with Crippen LogP contribution in [0.3, 0.4) is 0 Å². The molecule has 0 saturated carbocycles. The van der Waals surface area contributed by atoms with Crippen LogP contribution in [0.1, 0.15) is 30.4 Å². The normalized spacial score (nSPS) is 15.9. The summed E-state index contributed by atoms with van der Waals surface area (Å²) in [5.41, 5.74) is 0.325. The van der Waals surface area contributed by atoms with Gasteiger partial charge in [-0.25, -0.2) is 0 Å². The molecule has 13 nitrogen and oxygen atoms in total. The van der Waals surface area contributed by atoms with Gasteiger partial charge in [0.25, 0.3) is 5.56 Å². The van der Waals surface area contributed by atoms with Crippen molar-refractivity contribution in [2.24, 2.45) is 0 Å². The van der Waals surface area contributed by atoms with E-state index in [4.69, 9.17) is 20.9 Å². The summed E-state index contributed by atoms with van der Waals surface area (Å²) >= 11 is 6.09. The molecule has 1 saturated heterocycles. The minimum atomic E-state index is -4.59. The number of ether oxygens (including phenoxy) is 1. The molecule has 2 aliphatic rings. The molecule has 45 heavy (non-hydrogen) atoms. The van der Waals surface area contributed by atoms with E-state index in [9.17, 15) is 27.9 Å². The van der Waals surface area contributed by atoms with Crippen molar-refractivity contribution in [3.8, 4) is 5.75 Å². The number of piperazine rings is 1. The zero-order chi connectivity index (χ0) is 31.9. The maximum absolute atomic E-state index is 14.0. The second kappa shape index (κ2) is 12.1. The van der Waals surface area contributed by atoms with Gasteiger partial charge in [0.1, 0.15) is 12.2 Å². The Balaban J connectivity index is 1.37. The van der Waals surface area contributed by atoms with Crippen LogP contribution in [0, 0.1) is 0 Å². The average Bonchev–Trinajstić information content (AvgIpc) is 3.66. The standard InChI is InChI=1S/C28H28ClF3N8O5/c1-2-20-23(37-7-9-38(10-8-37)25-21(41)15-45-36-25)26(43)40-27(34-24(35-40)16-5-11-44-12-6-16)39(20)14-22(42)33-19-4-3-17(13-18(19)29)28(30,31)32/h3-5,13,15,41H,2,6-12,14H2,1H3,(H,33,42). The highest BCUT2D eigenvalue weighted by Crippen LogP contribution is 2.34. The summed E-state index contributed by atoms with van der Waals surface area (Å²) in [5.74, 6) is 0.105. The molecule has 4 aromatic rings. The molecule has 0 unspecified atom stereocenters. The van der Waals surface area contributed by atoms with Gasteiger partial charge in [0, 0.05) is 26.2 Å². The van der Waals surface area contributed by atoms with E-state index in [1.807, 2.05) is 22.8 Å². The molecule has 2 N–H and O–H groups in total. The average molecular weight is 649 g/mol. The molecular formula is C28H28ClF3N8O5.